The molecule has 2 aromatic rings. The third-order valence-corrected chi connectivity index (χ3v) is 4.02. The van der Waals surface area contributed by atoms with Crippen molar-refractivity contribution in [2.24, 2.45) is 0 Å². The number of phenols is 1. The summed E-state index contributed by atoms with van der Waals surface area (Å²) in [4.78, 5) is 26.2. The zero-order chi connectivity index (χ0) is 17.3. The van der Waals surface area contributed by atoms with Crippen molar-refractivity contribution in [3.8, 4) is 5.75 Å². The SMILES string of the molecule is CCC(=O)C1=C(O)C(=O)N(Cc2ccco2)C1c1cccc(O)c1. The lowest BCUT2D eigenvalue weighted by Crippen LogP contribution is -2.30. The third-order valence-electron chi connectivity index (χ3n) is 4.02. The lowest BCUT2D eigenvalue weighted by Gasteiger charge is -2.26. The summed E-state index contributed by atoms with van der Waals surface area (Å²) < 4.78 is 5.28. The number of benzene rings is 1. The molecule has 1 aromatic carbocycles. The molecular weight excluding hydrogens is 310 g/mol. The average molecular weight is 327 g/mol. The minimum atomic E-state index is -0.762. The number of aromatic hydroxyl groups is 1. The molecule has 6 heteroatoms. The maximum absolute atomic E-state index is 12.5. The van der Waals surface area contributed by atoms with Gasteiger partial charge in [0, 0.05) is 6.42 Å². The Hall–Kier alpha value is -3.02. The van der Waals surface area contributed by atoms with Gasteiger partial charge in [0.15, 0.2) is 11.5 Å². The van der Waals surface area contributed by atoms with Crippen molar-refractivity contribution in [1.82, 2.24) is 4.90 Å². The lowest BCUT2D eigenvalue weighted by atomic mass is 9.95. The molecule has 0 radical (unpaired) electrons. The number of nitrogens with zero attached hydrogens (tertiary/aromatic N) is 1. The second-order valence-electron chi connectivity index (χ2n) is 5.55. The Bertz CT molecular complexity index is 807. The van der Waals surface area contributed by atoms with Crippen molar-refractivity contribution in [2.45, 2.75) is 25.9 Å². The average Bonchev–Trinajstić information content (AvgIpc) is 3.16. The van der Waals surface area contributed by atoms with Gasteiger partial charge in [0.05, 0.1) is 24.4 Å². The van der Waals surface area contributed by atoms with Crippen LogP contribution in [0, 0.1) is 0 Å². The quantitative estimate of drug-likeness (QED) is 0.881. The van der Waals surface area contributed by atoms with Crippen LogP contribution in [-0.2, 0) is 16.1 Å². The summed E-state index contributed by atoms with van der Waals surface area (Å²) in [7, 11) is 0. The van der Waals surface area contributed by atoms with Gasteiger partial charge in [-0.15, -0.1) is 0 Å². The Balaban J connectivity index is 2.08. The standard InChI is InChI=1S/C18H17NO5/c1-2-14(21)15-16(11-5-3-6-12(20)9-11)19(18(23)17(15)22)10-13-7-4-8-24-13/h3-9,16,20,22H,2,10H2,1H3. The number of rotatable bonds is 5. The van der Waals surface area contributed by atoms with Crippen LogP contribution in [0.4, 0.5) is 0 Å². The van der Waals surface area contributed by atoms with Crippen molar-refractivity contribution in [1.29, 1.82) is 0 Å². The molecular formula is C18H17NO5. The van der Waals surface area contributed by atoms with E-state index in [9.17, 15) is 19.8 Å². The van der Waals surface area contributed by atoms with Crippen LogP contribution in [0.5, 0.6) is 5.75 Å². The summed E-state index contributed by atoms with van der Waals surface area (Å²) in [5.74, 6) is -0.923. The zero-order valence-corrected chi connectivity index (χ0v) is 13.1. The van der Waals surface area contributed by atoms with E-state index < -0.39 is 17.7 Å². The topological polar surface area (TPSA) is 91.0 Å². The predicted octanol–water partition coefficient (Wildman–Crippen LogP) is 2.86. The third kappa shape index (κ3) is 2.67. The molecule has 1 unspecified atom stereocenters. The van der Waals surface area contributed by atoms with Crippen molar-refractivity contribution in [3.05, 3.63) is 65.3 Å². The minimum absolute atomic E-state index is 0.0209. The van der Waals surface area contributed by atoms with Crippen LogP contribution in [0.25, 0.3) is 0 Å². The number of hydrogen-bond donors (Lipinski definition) is 2. The number of ketones is 1. The van der Waals surface area contributed by atoms with Crippen molar-refractivity contribution < 1.29 is 24.2 Å². The fourth-order valence-electron chi connectivity index (χ4n) is 2.90. The lowest BCUT2D eigenvalue weighted by molar-refractivity contribution is -0.130. The van der Waals surface area contributed by atoms with Crippen molar-refractivity contribution >= 4 is 11.7 Å². The number of carbonyl (C=O) groups is 2. The monoisotopic (exact) mass is 327 g/mol. The van der Waals surface area contributed by atoms with Crippen LogP contribution >= 0.6 is 0 Å². The van der Waals surface area contributed by atoms with Gasteiger partial charge >= 0.3 is 0 Å². The molecule has 0 saturated carbocycles. The molecule has 2 N–H and O–H groups in total. The van der Waals surface area contributed by atoms with Gasteiger partial charge in [-0.25, -0.2) is 0 Å². The Kier molecular flexibility index (Phi) is 4.12. The zero-order valence-electron chi connectivity index (χ0n) is 13.1. The summed E-state index contributed by atoms with van der Waals surface area (Å²) in [6, 6.07) is 8.96. The highest BCUT2D eigenvalue weighted by Gasteiger charge is 2.43. The minimum Gasteiger partial charge on any atom is -0.508 e. The van der Waals surface area contributed by atoms with E-state index in [0.717, 1.165) is 0 Å². The first-order chi connectivity index (χ1) is 11.5. The summed E-state index contributed by atoms with van der Waals surface area (Å²) >= 11 is 0. The van der Waals surface area contributed by atoms with Gasteiger partial charge in [0.1, 0.15) is 11.5 Å². The highest BCUT2D eigenvalue weighted by Crippen LogP contribution is 2.39. The molecule has 1 atom stereocenters. The van der Waals surface area contributed by atoms with Crippen molar-refractivity contribution in [2.75, 3.05) is 0 Å². The van der Waals surface area contributed by atoms with Gasteiger partial charge in [-0.2, -0.15) is 0 Å². The van der Waals surface area contributed by atoms with E-state index in [1.54, 1.807) is 31.2 Å². The Morgan fingerprint density at radius 3 is 2.67 bits per heavy atom. The van der Waals surface area contributed by atoms with E-state index in [2.05, 4.69) is 0 Å². The number of hydrogen-bond acceptors (Lipinski definition) is 5. The molecule has 24 heavy (non-hydrogen) atoms. The summed E-state index contributed by atoms with van der Waals surface area (Å²) in [5, 5.41) is 20.0. The van der Waals surface area contributed by atoms with Crippen LogP contribution in [-0.4, -0.2) is 26.8 Å². The number of amides is 1. The highest BCUT2D eigenvalue weighted by atomic mass is 16.3. The summed E-state index contributed by atoms with van der Waals surface area (Å²) in [6.45, 7) is 1.78. The van der Waals surface area contributed by atoms with Gasteiger partial charge < -0.3 is 19.5 Å². The Morgan fingerprint density at radius 1 is 1.25 bits per heavy atom. The van der Waals surface area contributed by atoms with Crippen LogP contribution in [0.2, 0.25) is 0 Å². The molecule has 0 fully saturated rings. The Morgan fingerprint density at radius 2 is 2.04 bits per heavy atom. The molecule has 6 nitrogen and oxygen atoms in total. The first-order valence-electron chi connectivity index (χ1n) is 7.61. The van der Waals surface area contributed by atoms with Crippen LogP contribution in [0.1, 0.15) is 30.7 Å². The summed E-state index contributed by atoms with van der Waals surface area (Å²) in [6.07, 6.45) is 1.65. The first kappa shape index (κ1) is 15.9. The van der Waals surface area contributed by atoms with Gasteiger partial charge in [-0.05, 0) is 29.8 Å². The number of aliphatic hydroxyl groups is 1. The highest BCUT2D eigenvalue weighted by molar-refractivity contribution is 6.08. The molecule has 0 saturated heterocycles. The predicted molar refractivity (Wildman–Crippen MR) is 85.1 cm³/mol. The molecule has 0 aliphatic carbocycles. The number of carbonyl (C=O) groups excluding carboxylic acids is 2. The molecule has 0 bridgehead atoms. The van der Waals surface area contributed by atoms with Gasteiger partial charge in [-0.1, -0.05) is 19.1 Å². The fraction of sp³-hybridized carbons (Fsp3) is 0.222. The fourth-order valence-corrected chi connectivity index (χ4v) is 2.90. The number of phenolic OH excluding ortho intramolecular Hbond substituents is 1. The molecule has 1 aromatic heterocycles. The van der Waals surface area contributed by atoms with Crippen LogP contribution < -0.4 is 0 Å². The normalized spacial score (nSPS) is 17.6. The van der Waals surface area contributed by atoms with Crippen LogP contribution in [0.15, 0.2) is 58.4 Å². The van der Waals surface area contributed by atoms with Gasteiger partial charge in [0.2, 0.25) is 0 Å². The molecule has 1 amide bonds. The van der Waals surface area contributed by atoms with Crippen LogP contribution in [0.3, 0.4) is 0 Å². The molecule has 3 rings (SSSR count). The van der Waals surface area contributed by atoms with Gasteiger partial charge in [0.25, 0.3) is 5.91 Å². The molecule has 124 valence electrons. The second-order valence-corrected chi connectivity index (χ2v) is 5.55. The molecule has 2 heterocycles. The maximum atomic E-state index is 12.5. The number of furan rings is 1. The van der Waals surface area contributed by atoms with E-state index in [1.807, 2.05) is 0 Å². The van der Waals surface area contributed by atoms with E-state index in [0.29, 0.717) is 11.3 Å². The van der Waals surface area contributed by atoms with E-state index in [4.69, 9.17) is 4.42 Å². The second kappa shape index (κ2) is 6.23. The van der Waals surface area contributed by atoms with E-state index in [1.165, 1.54) is 23.3 Å². The van der Waals surface area contributed by atoms with Gasteiger partial charge in [-0.3, -0.25) is 9.59 Å². The molecule has 1 aliphatic rings. The first-order valence-corrected chi connectivity index (χ1v) is 7.61. The Labute approximate surface area is 138 Å². The number of Topliss-reactive ketones (excluding diaryl/α,β-unsaturated/α-hetero) is 1. The summed E-state index contributed by atoms with van der Waals surface area (Å²) in [5.41, 5.74) is 0.607. The van der Waals surface area contributed by atoms with E-state index >= 15 is 0 Å². The smallest absolute Gasteiger partial charge is 0.290 e. The largest absolute Gasteiger partial charge is 0.508 e. The molecule has 1 aliphatic heterocycles. The molecule has 0 spiro atoms. The van der Waals surface area contributed by atoms with Crippen molar-refractivity contribution in [3.63, 3.8) is 0 Å². The van der Waals surface area contributed by atoms with E-state index in [-0.39, 0.29) is 30.1 Å². The maximum Gasteiger partial charge on any atom is 0.290 e. The number of aliphatic hydroxyl groups excluding tert-OH is 1.